The van der Waals surface area contributed by atoms with Crippen molar-refractivity contribution in [1.82, 2.24) is 15.5 Å². The normalized spacial score (nSPS) is 12.1. The molecule has 1 aromatic rings. The number of amides is 2. The lowest BCUT2D eigenvalue weighted by Gasteiger charge is -2.07. The zero-order chi connectivity index (χ0) is 13.5. The second kappa shape index (κ2) is 7.59. The Kier molecular flexibility index (Phi) is 6.44. The van der Waals surface area contributed by atoms with Crippen molar-refractivity contribution in [2.24, 2.45) is 5.73 Å². The van der Waals surface area contributed by atoms with E-state index >= 15 is 0 Å². The predicted octanol–water partition coefficient (Wildman–Crippen LogP) is 0.732. The van der Waals surface area contributed by atoms with Gasteiger partial charge in [0.1, 0.15) is 0 Å². The van der Waals surface area contributed by atoms with Gasteiger partial charge in [0.2, 0.25) is 11.8 Å². The van der Waals surface area contributed by atoms with Crippen LogP contribution in [0.1, 0.15) is 13.8 Å². The van der Waals surface area contributed by atoms with Crippen LogP contribution in [0.15, 0.2) is 8.68 Å². The summed E-state index contributed by atoms with van der Waals surface area (Å²) in [5, 5.41) is 10.4. The first-order valence-electron chi connectivity index (χ1n) is 5.22. The van der Waals surface area contributed by atoms with Gasteiger partial charge in [-0.25, -0.2) is 0 Å². The quantitative estimate of drug-likeness (QED) is 0.721. The lowest BCUT2D eigenvalue weighted by atomic mass is 10.4. The van der Waals surface area contributed by atoms with Gasteiger partial charge in [-0.2, -0.15) is 0 Å². The van der Waals surface area contributed by atoms with E-state index in [9.17, 15) is 9.59 Å². The lowest BCUT2D eigenvalue weighted by molar-refractivity contribution is -0.120. The van der Waals surface area contributed by atoms with Crippen LogP contribution in [0.3, 0.4) is 0 Å². The number of nitrogens with two attached hydrogens (primary N) is 1. The fourth-order valence-electron chi connectivity index (χ4n) is 0.959. The van der Waals surface area contributed by atoms with E-state index in [2.05, 4.69) is 15.5 Å². The standard InChI is InChI=1S/C9H14N4O2S3/c1-3-11-7(15)5(2)17-9-13-12-8(18-9)16-4-6(10)14/h5H,3-4H2,1-2H3,(H2,10,14)(H,11,15)/t5-/m1/s1. The summed E-state index contributed by atoms with van der Waals surface area (Å²) in [7, 11) is 0. The van der Waals surface area contributed by atoms with Crippen molar-refractivity contribution in [3.63, 3.8) is 0 Å². The van der Waals surface area contributed by atoms with Gasteiger partial charge < -0.3 is 11.1 Å². The second-order valence-electron chi connectivity index (χ2n) is 3.24. The molecule has 9 heteroatoms. The molecule has 0 aromatic carbocycles. The van der Waals surface area contributed by atoms with Crippen LogP contribution in [0.5, 0.6) is 0 Å². The highest BCUT2D eigenvalue weighted by Gasteiger charge is 2.16. The molecule has 0 saturated heterocycles. The van der Waals surface area contributed by atoms with E-state index in [1.165, 1.54) is 34.9 Å². The van der Waals surface area contributed by atoms with Gasteiger partial charge in [-0.05, 0) is 13.8 Å². The zero-order valence-electron chi connectivity index (χ0n) is 10.0. The van der Waals surface area contributed by atoms with Gasteiger partial charge >= 0.3 is 0 Å². The van der Waals surface area contributed by atoms with Gasteiger partial charge in [-0.3, -0.25) is 9.59 Å². The molecule has 0 radical (unpaired) electrons. The van der Waals surface area contributed by atoms with Crippen molar-refractivity contribution < 1.29 is 9.59 Å². The molecule has 100 valence electrons. The van der Waals surface area contributed by atoms with Crippen LogP contribution in [0.2, 0.25) is 0 Å². The molecule has 0 spiro atoms. The number of nitrogens with one attached hydrogen (secondary N) is 1. The van der Waals surface area contributed by atoms with E-state index in [0.29, 0.717) is 15.2 Å². The molecular weight excluding hydrogens is 292 g/mol. The molecule has 6 nitrogen and oxygen atoms in total. The number of hydrogen-bond donors (Lipinski definition) is 2. The molecule has 1 atom stereocenters. The monoisotopic (exact) mass is 306 g/mol. The minimum atomic E-state index is -0.389. The van der Waals surface area contributed by atoms with Crippen LogP contribution in [-0.4, -0.2) is 39.6 Å². The van der Waals surface area contributed by atoms with E-state index in [4.69, 9.17) is 5.73 Å². The van der Waals surface area contributed by atoms with E-state index in [0.717, 1.165) is 0 Å². The van der Waals surface area contributed by atoms with Crippen LogP contribution < -0.4 is 11.1 Å². The van der Waals surface area contributed by atoms with Gasteiger partial charge in [0.05, 0.1) is 11.0 Å². The smallest absolute Gasteiger partial charge is 0.233 e. The Hall–Kier alpha value is -0.800. The Bertz CT molecular complexity index is 424. The molecule has 1 aromatic heterocycles. The molecule has 0 bridgehead atoms. The van der Waals surface area contributed by atoms with Gasteiger partial charge in [-0.15, -0.1) is 10.2 Å². The number of carbonyl (C=O) groups excluding carboxylic acids is 2. The number of aromatic nitrogens is 2. The molecule has 0 aliphatic rings. The maximum absolute atomic E-state index is 11.5. The number of hydrogen-bond acceptors (Lipinski definition) is 7. The lowest BCUT2D eigenvalue weighted by Crippen LogP contribution is -2.30. The molecular formula is C9H14N4O2S3. The first-order chi connectivity index (χ1) is 8.52. The topological polar surface area (TPSA) is 98.0 Å². The molecule has 0 saturated carbocycles. The fraction of sp³-hybridized carbons (Fsp3) is 0.556. The molecule has 1 heterocycles. The Balaban J connectivity index is 2.48. The van der Waals surface area contributed by atoms with Crippen LogP contribution in [0.25, 0.3) is 0 Å². The van der Waals surface area contributed by atoms with Crippen molar-refractivity contribution in [1.29, 1.82) is 0 Å². The van der Waals surface area contributed by atoms with Crippen LogP contribution in [0, 0.1) is 0 Å². The summed E-state index contributed by atoms with van der Waals surface area (Å²) in [5.74, 6) is -0.227. The highest BCUT2D eigenvalue weighted by molar-refractivity contribution is 8.04. The van der Waals surface area contributed by atoms with E-state index in [1.54, 1.807) is 0 Å². The number of primary amides is 1. The Morgan fingerprint density at radius 1 is 1.44 bits per heavy atom. The van der Waals surface area contributed by atoms with E-state index in [-0.39, 0.29) is 22.8 Å². The molecule has 3 N–H and O–H groups in total. The van der Waals surface area contributed by atoms with Crippen LogP contribution in [0.4, 0.5) is 0 Å². The maximum atomic E-state index is 11.5. The first-order valence-corrected chi connectivity index (χ1v) is 7.90. The number of thioether (sulfide) groups is 2. The van der Waals surface area contributed by atoms with Crippen molar-refractivity contribution in [3.05, 3.63) is 0 Å². The molecule has 0 unspecified atom stereocenters. The minimum Gasteiger partial charge on any atom is -0.369 e. The molecule has 1 rings (SSSR count). The van der Waals surface area contributed by atoms with Crippen molar-refractivity contribution in [2.45, 2.75) is 27.8 Å². The minimum absolute atomic E-state index is 0.0240. The SMILES string of the molecule is CCNC(=O)[C@@H](C)Sc1nnc(SCC(N)=O)s1. The van der Waals surface area contributed by atoms with Crippen molar-refractivity contribution in [2.75, 3.05) is 12.3 Å². The van der Waals surface area contributed by atoms with E-state index < -0.39 is 0 Å². The first kappa shape index (κ1) is 15.3. The van der Waals surface area contributed by atoms with Crippen LogP contribution in [-0.2, 0) is 9.59 Å². The summed E-state index contributed by atoms with van der Waals surface area (Å²) in [6.07, 6.45) is 0. The average Bonchev–Trinajstić information content (AvgIpc) is 2.74. The van der Waals surface area contributed by atoms with Gasteiger partial charge in [0.15, 0.2) is 8.68 Å². The largest absolute Gasteiger partial charge is 0.369 e. The fourth-order valence-corrected chi connectivity index (χ4v) is 3.89. The molecule has 18 heavy (non-hydrogen) atoms. The summed E-state index contributed by atoms with van der Waals surface area (Å²) in [6.45, 7) is 4.30. The maximum Gasteiger partial charge on any atom is 0.233 e. The summed E-state index contributed by atoms with van der Waals surface area (Å²) >= 11 is 3.96. The summed E-state index contributed by atoms with van der Waals surface area (Å²) in [5.41, 5.74) is 5.04. The predicted molar refractivity (Wildman–Crippen MR) is 73.8 cm³/mol. The third-order valence-electron chi connectivity index (χ3n) is 1.72. The molecule has 2 amide bonds. The number of carbonyl (C=O) groups is 2. The Morgan fingerprint density at radius 2 is 2.11 bits per heavy atom. The Morgan fingerprint density at radius 3 is 2.72 bits per heavy atom. The van der Waals surface area contributed by atoms with Crippen molar-refractivity contribution in [3.8, 4) is 0 Å². The van der Waals surface area contributed by atoms with Crippen LogP contribution >= 0.6 is 34.9 Å². The second-order valence-corrected chi connectivity index (χ2v) is 7.03. The highest BCUT2D eigenvalue weighted by atomic mass is 32.2. The summed E-state index contributed by atoms with van der Waals surface area (Å²) in [4.78, 5) is 22.1. The number of nitrogens with zero attached hydrogens (tertiary/aromatic N) is 2. The highest BCUT2D eigenvalue weighted by Crippen LogP contribution is 2.30. The van der Waals surface area contributed by atoms with Gasteiger partial charge in [-0.1, -0.05) is 34.9 Å². The van der Waals surface area contributed by atoms with Crippen molar-refractivity contribution >= 4 is 46.7 Å². The molecule has 0 aliphatic carbocycles. The number of rotatable bonds is 7. The molecule has 0 fully saturated rings. The molecule has 0 aliphatic heterocycles. The summed E-state index contributed by atoms with van der Waals surface area (Å²) in [6, 6.07) is 0. The summed E-state index contributed by atoms with van der Waals surface area (Å²) < 4.78 is 1.39. The third kappa shape index (κ3) is 5.23. The van der Waals surface area contributed by atoms with E-state index in [1.807, 2.05) is 13.8 Å². The van der Waals surface area contributed by atoms with Gasteiger partial charge in [0, 0.05) is 6.54 Å². The average molecular weight is 306 g/mol. The third-order valence-corrected chi connectivity index (χ3v) is 4.99. The Labute approximate surface area is 117 Å². The van der Waals surface area contributed by atoms with Gasteiger partial charge in [0.25, 0.3) is 0 Å². The zero-order valence-corrected chi connectivity index (χ0v) is 12.5.